The molecule has 0 saturated heterocycles. The van der Waals surface area contributed by atoms with E-state index in [1.807, 2.05) is 0 Å². The minimum Gasteiger partial charge on any atom is -0.474 e. The number of pyridine rings is 1. The summed E-state index contributed by atoms with van der Waals surface area (Å²) >= 11 is 0. The van der Waals surface area contributed by atoms with Gasteiger partial charge < -0.3 is 4.74 Å². The fraction of sp³-hybridized carbons (Fsp3) is 0.200. The van der Waals surface area contributed by atoms with E-state index in [1.54, 1.807) is 19.1 Å². The highest BCUT2D eigenvalue weighted by Gasteiger charge is 2.30. The second kappa shape index (κ2) is 5.64. The maximum absolute atomic E-state index is 13.2. The van der Waals surface area contributed by atoms with Crippen molar-refractivity contribution in [3.8, 4) is 5.88 Å². The number of nitro groups is 1. The van der Waals surface area contributed by atoms with Crippen molar-refractivity contribution in [2.24, 2.45) is 0 Å². The number of carbonyl (C=O) groups excluding carboxylic acids is 1. The van der Waals surface area contributed by atoms with Gasteiger partial charge in [0.2, 0.25) is 5.88 Å². The van der Waals surface area contributed by atoms with Gasteiger partial charge in [0, 0.05) is 5.69 Å². The molecular weight excluding hydrogens is 305 g/mol. The lowest BCUT2D eigenvalue weighted by molar-refractivity contribution is -0.385. The third kappa shape index (κ3) is 2.70. The maximum Gasteiger partial charge on any atom is 0.285 e. The van der Waals surface area contributed by atoms with Crippen molar-refractivity contribution in [2.45, 2.75) is 6.92 Å². The van der Waals surface area contributed by atoms with Gasteiger partial charge in [-0.1, -0.05) is 0 Å². The number of aromatic nitrogens is 1. The summed E-state index contributed by atoms with van der Waals surface area (Å²) in [5.41, 5.74) is 0.421. The Kier molecular flexibility index (Phi) is 3.65. The summed E-state index contributed by atoms with van der Waals surface area (Å²) in [6.07, 6.45) is 0. The number of fused-ring (bicyclic) bond motifs is 1. The first-order valence-corrected chi connectivity index (χ1v) is 6.83. The van der Waals surface area contributed by atoms with Crippen LogP contribution in [0.15, 0.2) is 30.3 Å². The van der Waals surface area contributed by atoms with Crippen molar-refractivity contribution in [1.29, 1.82) is 0 Å². The predicted octanol–water partition coefficient (Wildman–Crippen LogP) is 2.48. The van der Waals surface area contributed by atoms with Crippen molar-refractivity contribution >= 4 is 17.3 Å². The normalized spacial score (nSPS) is 13.2. The number of nitro benzene ring substituents is 1. The molecule has 1 aromatic carbocycles. The van der Waals surface area contributed by atoms with E-state index in [0.29, 0.717) is 11.6 Å². The Morgan fingerprint density at radius 1 is 1.39 bits per heavy atom. The molecule has 0 unspecified atom stereocenters. The van der Waals surface area contributed by atoms with Crippen LogP contribution in [-0.2, 0) is 0 Å². The summed E-state index contributed by atoms with van der Waals surface area (Å²) in [5, 5.41) is 11.1. The number of amides is 1. The number of ether oxygens (including phenoxy) is 1. The van der Waals surface area contributed by atoms with Gasteiger partial charge in [-0.25, -0.2) is 9.37 Å². The number of benzene rings is 1. The highest BCUT2D eigenvalue weighted by molar-refractivity contribution is 6.09. The van der Waals surface area contributed by atoms with E-state index in [2.05, 4.69) is 4.98 Å². The average molecular weight is 317 g/mol. The number of anilines is 1. The molecule has 23 heavy (non-hydrogen) atoms. The maximum atomic E-state index is 13.2. The highest BCUT2D eigenvalue weighted by atomic mass is 19.1. The Labute approximate surface area is 130 Å². The van der Waals surface area contributed by atoms with Crippen molar-refractivity contribution < 1.29 is 18.8 Å². The van der Waals surface area contributed by atoms with Gasteiger partial charge in [-0.2, -0.15) is 0 Å². The van der Waals surface area contributed by atoms with Gasteiger partial charge in [0.15, 0.2) is 0 Å². The molecule has 1 amide bonds. The number of hydrogen-bond donors (Lipinski definition) is 0. The molecule has 0 bridgehead atoms. The molecule has 7 nitrogen and oxygen atoms in total. The summed E-state index contributed by atoms with van der Waals surface area (Å²) in [4.78, 5) is 28.6. The number of aryl methyl sites for hydroxylation is 1. The van der Waals surface area contributed by atoms with E-state index in [-0.39, 0.29) is 18.7 Å². The van der Waals surface area contributed by atoms with E-state index < -0.39 is 22.3 Å². The van der Waals surface area contributed by atoms with E-state index in [0.717, 1.165) is 23.9 Å². The van der Waals surface area contributed by atoms with Crippen LogP contribution >= 0.6 is 0 Å². The summed E-state index contributed by atoms with van der Waals surface area (Å²) in [6, 6.07) is 6.26. The van der Waals surface area contributed by atoms with Crippen LogP contribution in [0.1, 0.15) is 16.1 Å². The fourth-order valence-corrected chi connectivity index (χ4v) is 2.38. The Bertz CT molecular complexity index is 809. The Balaban J connectivity index is 2.05. The molecule has 0 fully saturated rings. The molecule has 0 radical (unpaired) electrons. The second-order valence-electron chi connectivity index (χ2n) is 5.00. The monoisotopic (exact) mass is 317 g/mol. The summed E-state index contributed by atoms with van der Waals surface area (Å²) < 4.78 is 18.7. The zero-order valence-corrected chi connectivity index (χ0v) is 12.2. The van der Waals surface area contributed by atoms with Crippen LogP contribution in [0.3, 0.4) is 0 Å². The summed E-state index contributed by atoms with van der Waals surface area (Å²) in [7, 11) is 0. The molecule has 1 aromatic heterocycles. The lowest BCUT2D eigenvalue weighted by Crippen LogP contribution is -2.38. The van der Waals surface area contributed by atoms with E-state index in [9.17, 15) is 19.3 Å². The summed E-state index contributed by atoms with van der Waals surface area (Å²) in [6.45, 7) is 2.24. The average Bonchev–Trinajstić information content (AvgIpc) is 2.53. The molecule has 8 heteroatoms. The number of nitrogens with zero attached hydrogens (tertiary/aromatic N) is 3. The first-order chi connectivity index (χ1) is 11.0. The van der Waals surface area contributed by atoms with Crippen molar-refractivity contribution in [3.05, 3.63) is 57.5 Å². The van der Waals surface area contributed by atoms with Gasteiger partial charge in [0.1, 0.15) is 23.7 Å². The molecule has 0 atom stereocenters. The predicted molar refractivity (Wildman–Crippen MR) is 79.2 cm³/mol. The number of hydrogen-bond acceptors (Lipinski definition) is 5. The number of rotatable bonds is 2. The molecule has 2 aromatic rings. The molecule has 2 heterocycles. The molecule has 1 aliphatic rings. The SMILES string of the molecule is Cc1ccc2c(n1)OCCN2C(=O)c1ccc(F)cc1[N+](=O)[O-]. The zero-order chi connectivity index (χ0) is 16.6. The second-order valence-corrected chi connectivity index (χ2v) is 5.00. The van der Waals surface area contributed by atoms with Crippen LogP contribution in [0, 0.1) is 22.9 Å². The quantitative estimate of drug-likeness (QED) is 0.627. The van der Waals surface area contributed by atoms with E-state index in [1.165, 1.54) is 4.90 Å². The van der Waals surface area contributed by atoms with Gasteiger partial charge in [0.25, 0.3) is 11.6 Å². The molecule has 1 aliphatic heterocycles. The fourth-order valence-electron chi connectivity index (χ4n) is 2.38. The minimum absolute atomic E-state index is 0.176. The van der Waals surface area contributed by atoms with Crippen LogP contribution in [0.4, 0.5) is 15.8 Å². The van der Waals surface area contributed by atoms with Crippen molar-refractivity contribution in [2.75, 3.05) is 18.1 Å². The Morgan fingerprint density at radius 3 is 2.91 bits per heavy atom. The molecule has 118 valence electrons. The first kappa shape index (κ1) is 14.9. The molecule has 0 saturated carbocycles. The lowest BCUT2D eigenvalue weighted by atomic mass is 10.1. The standard InChI is InChI=1S/C15H12FN3O4/c1-9-2-5-12-14(17-9)23-7-6-18(12)15(20)11-4-3-10(16)8-13(11)19(21)22/h2-5,8H,6-7H2,1H3. The van der Waals surface area contributed by atoms with Crippen LogP contribution in [-0.4, -0.2) is 29.0 Å². The molecule has 0 aliphatic carbocycles. The Morgan fingerprint density at radius 2 is 2.17 bits per heavy atom. The third-order valence-corrected chi connectivity index (χ3v) is 3.46. The molecular formula is C15H12FN3O4. The van der Waals surface area contributed by atoms with Gasteiger partial charge in [-0.15, -0.1) is 0 Å². The van der Waals surface area contributed by atoms with Crippen LogP contribution in [0.25, 0.3) is 0 Å². The van der Waals surface area contributed by atoms with Gasteiger partial charge >= 0.3 is 0 Å². The first-order valence-electron chi connectivity index (χ1n) is 6.83. The third-order valence-electron chi connectivity index (χ3n) is 3.46. The zero-order valence-electron chi connectivity index (χ0n) is 12.2. The van der Waals surface area contributed by atoms with Gasteiger partial charge in [-0.05, 0) is 31.2 Å². The van der Waals surface area contributed by atoms with E-state index in [4.69, 9.17) is 4.74 Å². The smallest absolute Gasteiger partial charge is 0.285 e. The summed E-state index contributed by atoms with van der Waals surface area (Å²) in [5.74, 6) is -1.06. The molecule has 0 spiro atoms. The van der Waals surface area contributed by atoms with Crippen LogP contribution in [0.2, 0.25) is 0 Å². The van der Waals surface area contributed by atoms with Crippen molar-refractivity contribution in [3.63, 3.8) is 0 Å². The van der Waals surface area contributed by atoms with Crippen LogP contribution in [0.5, 0.6) is 5.88 Å². The number of halogens is 1. The largest absolute Gasteiger partial charge is 0.474 e. The van der Waals surface area contributed by atoms with Crippen molar-refractivity contribution in [1.82, 2.24) is 4.98 Å². The van der Waals surface area contributed by atoms with Gasteiger partial charge in [0.05, 0.1) is 17.5 Å². The molecule has 0 N–H and O–H groups in total. The highest BCUT2D eigenvalue weighted by Crippen LogP contribution is 2.32. The van der Waals surface area contributed by atoms with Crippen LogP contribution < -0.4 is 9.64 Å². The van der Waals surface area contributed by atoms with E-state index >= 15 is 0 Å². The minimum atomic E-state index is -0.773. The Hall–Kier alpha value is -3.03. The topological polar surface area (TPSA) is 85.6 Å². The number of carbonyl (C=O) groups is 1. The van der Waals surface area contributed by atoms with Gasteiger partial charge in [-0.3, -0.25) is 19.8 Å². The lowest BCUT2D eigenvalue weighted by Gasteiger charge is -2.28. The molecule has 3 rings (SSSR count).